The van der Waals surface area contributed by atoms with E-state index in [1.54, 1.807) is 66.7 Å². The molecule has 1 atom stereocenters. The van der Waals surface area contributed by atoms with Crippen LogP contribution >= 0.6 is 11.8 Å². The minimum absolute atomic E-state index is 0.0127. The number of benzene rings is 5. The Morgan fingerprint density at radius 2 is 1.55 bits per heavy atom. The van der Waals surface area contributed by atoms with E-state index in [4.69, 9.17) is 8.92 Å². The van der Waals surface area contributed by atoms with Gasteiger partial charge in [-0.15, -0.1) is 0 Å². The van der Waals surface area contributed by atoms with Crippen LogP contribution < -0.4 is 8.92 Å². The van der Waals surface area contributed by atoms with Gasteiger partial charge in [0.2, 0.25) is 0 Å². The molecule has 0 aliphatic rings. The van der Waals surface area contributed by atoms with Gasteiger partial charge in [-0.25, -0.2) is 0 Å². The fraction of sp³-hybridized carbons (Fsp3) is 0.167. The van der Waals surface area contributed by atoms with Crippen molar-refractivity contribution in [3.05, 3.63) is 138 Å². The van der Waals surface area contributed by atoms with Crippen molar-refractivity contribution in [1.29, 1.82) is 0 Å². The molecule has 0 fully saturated rings. The van der Waals surface area contributed by atoms with Crippen LogP contribution in [0.25, 0.3) is 11.1 Å². The summed E-state index contributed by atoms with van der Waals surface area (Å²) < 4.78 is 38.9. The standard InChI is InChI=1S/C36H34O6S2/c1-2-3-22-41-29-17-19-31(20-18-29)43-34-21-16-27(24-35(34)44(39,40)42-30-12-5-4-6-13-30)32-14-7-8-15-33(32)36(38)28-11-9-10-26(23-28)25-37/h4-21,23-24,36-38H,2-3,22,25H2,1H3. The second-order valence-electron chi connectivity index (χ2n) is 10.2. The quantitative estimate of drug-likeness (QED) is 0.101. The number of para-hydroxylation sites is 1. The Labute approximate surface area is 263 Å². The molecule has 0 bridgehead atoms. The molecule has 5 rings (SSSR count). The zero-order valence-electron chi connectivity index (χ0n) is 24.3. The molecule has 1 unspecified atom stereocenters. The zero-order chi connectivity index (χ0) is 30.9. The smallest absolute Gasteiger partial charge is 0.340 e. The number of rotatable bonds is 13. The van der Waals surface area contributed by atoms with Gasteiger partial charge in [-0.2, -0.15) is 8.42 Å². The lowest BCUT2D eigenvalue weighted by atomic mass is 9.92. The molecule has 0 radical (unpaired) electrons. The lowest BCUT2D eigenvalue weighted by Crippen LogP contribution is -2.11. The van der Waals surface area contributed by atoms with Crippen LogP contribution in [-0.2, 0) is 16.7 Å². The van der Waals surface area contributed by atoms with Crippen LogP contribution in [0.5, 0.6) is 11.5 Å². The molecule has 5 aromatic carbocycles. The monoisotopic (exact) mass is 626 g/mol. The van der Waals surface area contributed by atoms with Crippen molar-refractivity contribution in [3.8, 4) is 22.6 Å². The molecule has 8 heteroatoms. The molecule has 0 aliphatic heterocycles. The molecule has 0 saturated carbocycles. The summed E-state index contributed by atoms with van der Waals surface area (Å²) in [7, 11) is -4.25. The summed E-state index contributed by atoms with van der Waals surface area (Å²) in [6.45, 7) is 2.62. The van der Waals surface area contributed by atoms with Gasteiger partial charge in [0, 0.05) is 9.79 Å². The van der Waals surface area contributed by atoms with E-state index in [2.05, 4.69) is 6.92 Å². The van der Waals surface area contributed by atoms with E-state index in [1.807, 2.05) is 54.6 Å². The lowest BCUT2D eigenvalue weighted by molar-refractivity contribution is 0.220. The van der Waals surface area contributed by atoms with Crippen molar-refractivity contribution in [1.82, 2.24) is 0 Å². The zero-order valence-corrected chi connectivity index (χ0v) is 25.9. The molecule has 0 heterocycles. The van der Waals surface area contributed by atoms with E-state index in [0.717, 1.165) is 23.5 Å². The summed E-state index contributed by atoms with van der Waals surface area (Å²) in [6.07, 6.45) is 1.03. The van der Waals surface area contributed by atoms with Gasteiger partial charge >= 0.3 is 10.1 Å². The minimum atomic E-state index is -4.25. The molecule has 44 heavy (non-hydrogen) atoms. The minimum Gasteiger partial charge on any atom is -0.494 e. The third-order valence-corrected chi connectivity index (χ3v) is 9.50. The second-order valence-corrected chi connectivity index (χ2v) is 12.8. The first-order chi connectivity index (χ1) is 21.4. The van der Waals surface area contributed by atoms with Gasteiger partial charge in [0.1, 0.15) is 22.5 Å². The molecule has 0 aliphatic carbocycles. The highest BCUT2D eigenvalue weighted by atomic mass is 32.2. The fourth-order valence-corrected chi connectivity index (χ4v) is 7.00. The molecule has 0 aromatic heterocycles. The van der Waals surface area contributed by atoms with Crippen molar-refractivity contribution in [2.24, 2.45) is 0 Å². The van der Waals surface area contributed by atoms with Crippen molar-refractivity contribution >= 4 is 21.9 Å². The molecule has 0 spiro atoms. The Morgan fingerprint density at radius 3 is 2.30 bits per heavy atom. The molecule has 0 saturated heterocycles. The summed E-state index contributed by atoms with van der Waals surface area (Å²) in [5.74, 6) is 0.972. The maximum Gasteiger partial charge on any atom is 0.340 e. The summed E-state index contributed by atoms with van der Waals surface area (Å²) in [5, 5.41) is 21.0. The largest absolute Gasteiger partial charge is 0.494 e. The average molecular weight is 627 g/mol. The molecule has 5 aromatic rings. The molecule has 226 valence electrons. The van der Waals surface area contributed by atoms with Crippen LogP contribution in [0.1, 0.15) is 42.6 Å². The van der Waals surface area contributed by atoms with Gasteiger partial charge in [0.05, 0.1) is 13.2 Å². The second kappa shape index (κ2) is 14.6. The van der Waals surface area contributed by atoms with Gasteiger partial charge in [0.25, 0.3) is 0 Å². The highest BCUT2D eigenvalue weighted by Gasteiger charge is 2.24. The van der Waals surface area contributed by atoms with Gasteiger partial charge in [-0.1, -0.05) is 97.9 Å². The Balaban J connectivity index is 1.53. The summed E-state index contributed by atoms with van der Waals surface area (Å²) in [6, 6.07) is 35.6. The SMILES string of the molecule is CCCCOc1ccc(Sc2ccc(-c3ccccc3C(O)c3cccc(CO)c3)cc2S(=O)(=O)Oc2ccccc2)cc1. The summed E-state index contributed by atoms with van der Waals surface area (Å²) >= 11 is 1.32. The maximum absolute atomic E-state index is 13.8. The van der Waals surface area contributed by atoms with E-state index >= 15 is 0 Å². The van der Waals surface area contributed by atoms with Gasteiger partial charge in [0.15, 0.2) is 0 Å². The van der Waals surface area contributed by atoms with Gasteiger partial charge in [-0.05, 0) is 82.8 Å². The first-order valence-electron chi connectivity index (χ1n) is 14.4. The molecular weight excluding hydrogens is 593 g/mol. The number of ether oxygens (including phenoxy) is 1. The fourth-order valence-electron chi connectivity index (χ4n) is 4.71. The predicted octanol–water partition coefficient (Wildman–Crippen LogP) is 8.03. The van der Waals surface area contributed by atoms with Crippen LogP contribution in [0, 0.1) is 0 Å². The predicted molar refractivity (Wildman–Crippen MR) is 174 cm³/mol. The highest BCUT2D eigenvalue weighted by Crippen LogP contribution is 2.39. The first-order valence-corrected chi connectivity index (χ1v) is 16.6. The molecule has 0 amide bonds. The lowest BCUT2D eigenvalue weighted by Gasteiger charge is -2.18. The van der Waals surface area contributed by atoms with Crippen LogP contribution in [0.2, 0.25) is 0 Å². The van der Waals surface area contributed by atoms with E-state index in [9.17, 15) is 18.6 Å². The highest BCUT2D eigenvalue weighted by molar-refractivity contribution is 8.00. The van der Waals surface area contributed by atoms with Crippen LogP contribution in [0.15, 0.2) is 136 Å². The molecule has 2 N–H and O–H groups in total. The van der Waals surface area contributed by atoms with E-state index in [1.165, 1.54) is 11.8 Å². The Kier molecular flexibility index (Phi) is 10.4. The van der Waals surface area contributed by atoms with E-state index in [0.29, 0.717) is 39.3 Å². The van der Waals surface area contributed by atoms with Crippen molar-refractivity contribution in [2.45, 2.75) is 47.2 Å². The van der Waals surface area contributed by atoms with Gasteiger partial charge < -0.3 is 19.1 Å². The van der Waals surface area contributed by atoms with Crippen LogP contribution in [0.4, 0.5) is 0 Å². The molecular formula is C36H34O6S2. The third kappa shape index (κ3) is 7.70. The van der Waals surface area contributed by atoms with Crippen molar-refractivity contribution in [2.75, 3.05) is 6.61 Å². The number of aliphatic hydroxyl groups is 2. The molecule has 6 nitrogen and oxygen atoms in total. The summed E-state index contributed by atoms with van der Waals surface area (Å²) in [4.78, 5) is 1.35. The maximum atomic E-state index is 13.8. The van der Waals surface area contributed by atoms with Crippen molar-refractivity contribution < 1.29 is 27.6 Å². The van der Waals surface area contributed by atoms with E-state index < -0.39 is 16.2 Å². The number of hydrogen-bond acceptors (Lipinski definition) is 7. The number of hydrogen-bond donors (Lipinski definition) is 2. The Morgan fingerprint density at radius 1 is 0.795 bits per heavy atom. The Hall–Kier alpha value is -4.08. The van der Waals surface area contributed by atoms with Crippen LogP contribution in [-0.4, -0.2) is 25.2 Å². The van der Waals surface area contributed by atoms with Crippen LogP contribution in [0.3, 0.4) is 0 Å². The average Bonchev–Trinajstić information content (AvgIpc) is 3.06. The topological polar surface area (TPSA) is 93.1 Å². The van der Waals surface area contributed by atoms with E-state index in [-0.39, 0.29) is 17.3 Å². The number of unbranched alkanes of at least 4 members (excludes halogenated alkanes) is 1. The normalized spacial score (nSPS) is 12.1. The van der Waals surface area contributed by atoms with Gasteiger partial charge in [-0.3, -0.25) is 0 Å². The first kappa shape index (κ1) is 31.3. The van der Waals surface area contributed by atoms with Crippen molar-refractivity contribution in [3.63, 3.8) is 0 Å². The summed E-state index contributed by atoms with van der Waals surface area (Å²) in [5.41, 5.74) is 3.20. The third-order valence-electron chi connectivity index (χ3n) is 7.00. The number of aliphatic hydroxyl groups excluding tert-OH is 2. The Bertz CT molecular complexity index is 1790.